The highest BCUT2D eigenvalue weighted by Crippen LogP contribution is 2.27. The van der Waals surface area contributed by atoms with E-state index in [9.17, 15) is 0 Å². The lowest BCUT2D eigenvalue weighted by Gasteiger charge is -2.15. The fourth-order valence-electron chi connectivity index (χ4n) is 2.13. The predicted octanol–water partition coefficient (Wildman–Crippen LogP) is 3.75. The molecule has 0 unspecified atom stereocenters. The van der Waals surface area contributed by atoms with Crippen LogP contribution in [0.1, 0.15) is 38.7 Å². The molecule has 112 valence electrons. The number of benzene rings is 1. The third-order valence-electron chi connectivity index (χ3n) is 3.15. The molecule has 5 heteroatoms. The van der Waals surface area contributed by atoms with Crippen LogP contribution in [0.25, 0.3) is 0 Å². The summed E-state index contributed by atoms with van der Waals surface area (Å²) in [6.45, 7) is 7.31. The zero-order valence-electron chi connectivity index (χ0n) is 12.9. The Morgan fingerprint density at radius 3 is 2.57 bits per heavy atom. The molecule has 0 bridgehead atoms. The highest BCUT2D eigenvalue weighted by molar-refractivity contribution is 5.64. The van der Waals surface area contributed by atoms with Crippen LogP contribution in [-0.2, 0) is 0 Å². The minimum Gasteiger partial charge on any atom is -0.370 e. The van der Waals surface area contributed by atoms with Crippen molar-refractivity contribution in [2.45, 2.75) is 33.1 Å². The summed E-state index contributed by atoms with van der Waals surface area (Å²) in [5.41, 5.74) is 8.08. The van der Waals surface area contributed by atoms with Gasteiger partial charge in [-0.05, 0) is 24.0 Å². The number of hydrogen-bond acceptors (Lipinski definition) is 5. The average molecular weight is 285 g/mol. The summed E-state index contributed by atoms with van der Waals surface area (Å²) in [5.74, 6) is 2.15. The summed E-state index contributed by atoms with van der Waals surface area (Å²) in [7, 11) is 0. The standard InChI is InChI=1S/C16H23N5/c1-4-9-18-14-10-15(21-16(17)20-14)19-13-8-6-5-7-12(13)11(2)3/h5-8,10-11H,4,9H2,1-3H3,(H4,17,18,19,20,21). The van der Waals surface area contributed by atoms with Crippen LogP contribution in [0.2, 0.25) is 0 Å². The van der Waals surface area contributed by atoms with Crippen LogP contribution in [0, 0.1) is 0 Å². The molecule has 0 atom stereocenters. The molecule has 1 aromatic carbocycles. The van der Waals surface area contributed by atoms with Gasteiger partial charge in [-0.15, -0.1) is 0 Å². The van der Waals surface area contributed by atoms with E-state index in [1.54, 1.807) is 0 Å². The van der Waals surface area contributed by atoms with Gasteiger partial charge < -0.3 is 16.4 Å². The fraction of sp³-hybridized carbons (Fsp3) is 0.375. The normalized spacial score (nSPS) is 10.7. The van der Waals surface area contributed by atoms with Gasteiger partial charge in [-0.1, -0.05) is 39.0 Å². The summed E-state index contributed by atoms with van der Waals surface area (Å²) in [5, 5.41) is 6.57. The van der Waals surface area contributed by atoms with E-state index in [1.165, 1.54) is 5.56 Å². The average Bonchev–Trinajstić information content (AvgIpc) is 2.45. The second-order valence-electron chi connectivity index (χ2n) is 5.29. The summed E-state index contributed by atoms with van der Waals surface area (Å²) in [6.07, 6.45) is 1.03. The lowest BCUT2D eigenvalue weighted by molar-refractivity contribution is 0.869. The van der Waals surface area contributed by atoms with Gasteiger partial charge in [-0.25, -0.2) is 0 Å². The SMILES string of the molecule is CCCNc1cc(Nc2ccccc2C(C)C)nc(N)n1. The van der Waals surface area contributed by atoms with Crippen molar-refractivity contribution in [3.05, 3.63) is 35.9 Å². The van der Waals surface area contributed by atoms with Crippen molar-refractivity contribution in [3.63, 3.8) is 0 Å². The van der Waals surface area contributed by atoms with Crippen molar-refractivity contribution < 1.29 is 0 Å². The minimum atomic E-state index is 0.264. The first-order valence-electron chi connectivity index (χ1n) is 7.34. The molecule has 2 rings (SSSR count). The van der Waals surface area contributed by atoms with Crippen molar-refractivity contribution in [3.8, 4) is 0 Å². The second-order valence-corrected chi connectivity index (χ2v) is 5.29. The molecular formula is C16H23N5. The van der Waals surface area contributed by atoms with Crippen molar-refractivity contribution in [1.82, 2.24) is 9.97 Å². The van der Waals surface area contributed by atoms with E-state index in [-0.39, 0.29) is 5.95 Å². The molecule has 0 saturated carbocycles. The van der Waals surface area contributed by atoms with Crippen LogP contribution in [0.4, 0.5) is 23.3 Å². The van der Waals surface area contributed by atoms with E-state index in [1.807, 2.05) is 24.3 Å². The van der Waals surface area contributed by atoms with Crippen LogP contribution in [0.15, 0.2) is 30.3 Å². The maximum Gasteiger partial charge on any atom is 0.223 e. The van der Waals surface area contributed by atoms with Crippen molar-refractivity contribution >= 4 is 23.3 Å². The van der Waals surface area contributed by atoms with E-state index < -0.39 is 0 Å². The van der Waals surface area contributed by atoms with Crippen LogP contribution in [0.5, 0.6) is 0 Å². The molecule has 0 amide bonds. The minimum absolute atomic E-state index is 0.264. The Hall–Kier alpha value is -2.30. The number of hydrogen-bond donors (Lipinski definition) is 3. The first-order chi connectivity index (χ1) is 10.1. The quantitative estimate of drug-likeness (QED) is 0.753. The Kier molecular flexibility index (Phi) is 4.98. The summed E-state index contributed by atoms with van der Waals surface area (Å²) < 4.78 is 0. The van der Waals surface area contributed by atoms with Crippen molar-refractivity contribution in [2.24, 2.45) is 0 Å². The second kappa shape index (κ2) is 6.92. The van der Waals surface area contributed by atoms with Crippen LogP contribution >= 0.6 is 0 Å². The van der Waals surface area contributed by atoms with E-state index in [0.29, 0.717) is 11.7 Å². The lowest BCUT2D eigenvalue weighted by atomic mass is 10.0. The molecule has 1 aromatic heterocycles. The molecule has 0 saturated heterocycles. The largest absolute Gasteiger partial charge is 0.370 e. The summed E-state index contributed by atoms with van der Waals surface area (Å²) in [6, 6.07) is 10.1. The van der Waals surface area contributed by atoms with Gasteiger partial charge in [-0.3, -0.25) is 0 Å². The zero-order valence-corrected chi connectivity index (χ0v) is 12.9. The lowest BCUT2D eigenvalue weighted by Crippen LogP contribution is -2.07. The number of rotatable bonds is 6. The van der Waals surface area contributed by atoms with Gasteiger partial charge in [0.15, 0.2) is 0 Å². The zero-order chi connectivity index (χ0) is 15.2. The third-order valence-corrected chi connectivity index (χ3v) is 3.15. The molecule has 0 fully saturated rings. The molecule has 0 spiro atoms. The van der Waals surface area contributed by atoms with E-state index in [4.69, 9.17) is 5.73 Å². The monoisotopic (exact) mass is 285 g/mol. The molecule has 2 aromatic rings. The Balaban J connectivity index is 2.25. The van der Waals surface area contributed by atoms with Gasteiger partial charge in [0.05, 0.1) is 0 Å². The van der Waals surface area contributed by atoms with Gasteiger partial charge in [0, 0.05) is 18.3 Å². The molecule has 4 N–H and O–H groups in total. The highest BCUT2D eigenvalue weighted by Gasteiger charge is 2.08. The molecule has 1 heterocycles. The van der Waals surface area contributed by atoms with Gasteiger partial charge in [0.25, 0.3) is 0 Å². The van der Waals surface area contributed by atoms with Crippen LogP contribution in [0.3, 0.4) is 0 Å². The fourth-order valence-corrected chi connectivity index (χ4v) is 2.13. The van der Waals surface area contributed by atoms with Gasteiger partial charge in [0.1, 0.15) is 11.6 Å². The number of para-hydroxylation sites is 1. The highest BCUT2D eigenvalue weighted by atomic mass is 15.1. The van der Waals surface area contributed by atoms with Crippen LogP contribution in [-0.4, -0.2) is 16.5 Å². The molecule has 0 aliphatic rings. The summed E-state index contributed by atoms with van der Waals surface area (Å²) >= 11 is 0. The Morgan fingerprint density at radius 2 is 1.86 bits per heavy atom. The smallest absolute Gasteiger partial charge is 0.223 e. The number of nitrogens with one attached hydrogen (secondary N) is 2. The first kappa shape index (κ1) is 15.1. The Bertz CT molecular complexity index is 595. The van der Waals surface area contributed by atoms with Crippen LogP contribution < -0.4 is 16.4 Å². The molecule has 21 heavy (non-hydrogen) atoms. The maximum atomic E-state index is 5.78. The van der Waals surface area contributed by atoms with Crippen molar-refractivity contribution in [2.75, 3.05) is 22.9 Å². The third kappa shape index (κ3) is 4.08. The number of nitrogens with two attached hydrogens (primary N) is 1. The molecule has 0 radical (unpaired) electrons. The molecule has 0 aliphatic heterocycles. The van der Waals surface area contributed by atoms with E-state index >= 15 is 0 Å². The van der Waals surface area contributed by atoms with E-state index in [0.717, 1.165) is 24.5 Å². The summed E-state index contributed by atoms with van der Waals surface area (Å²) in [4.78, 5) is 8.44. The molecule has 5 nitrogen and oxygen atoms in total. The molecular weight excluding hydrogens is 262 g/mol. The maximum absolute atomic E-state index is 5.78. The topological polar surface area (TPSA) is 75.9 Å². The number of aromatic nitrogens is 2. The number of nitrogen functional groups attached to an aromatic ring is 1. The number of anilines is 4. The Morgan fingerprint density at radius 1 is 1.14 bits per heavy atom. The van der Waals surface area contributed by atoms with E-state index in [2.05, 4.69) is 47.4 Å². The van der Waals surface area contributed by atoms with Gasteiger partial charge in [-0.2, -0.15) is 9.97 Å². The number of nitrogens with zero attached hydrogens (tertiary/aromatic N) is 2. The molecule has 0 aliphatic carbocycles. The van der Waals surface area contributed by atoms with Gasteiger partial charge >= 0.3 is 0 Å². The predicted molar refractivity (Wildman–Crippen MR) is 89.0 cm³/mol. The first-order valence-corrected chi connectivity index (χ1v) is 7.34. The Labute approximate surface area is 126 Å². The van der Waals surface area contributed by atoms with Crippen molar-refractivity contribution in [1.29, 1.82) is 0 Å². The van der Waals surface area contributed by atoms with Gasteiger partial charge in [0.2, 0.25) is 5.95 Å².